The number of aliphatic hydroxyl groups excluding tert-OH is 1. The molecule has 0 radical (unpaired) electrons. The van der Waals surface area contributed by atoms with Gasteiger partial charge in [0, 0.05) is 48.8 Å². The predicted octanol–water partition coefficient (Wildman–Crippen LogP) is 4.60. The number of rotatable bonds is 10. The van der Waals surface area contributed by atoms with Crippen molar-refractivity contribution in [2.24, 2.45) is 5.92 Å². The molecule has 14 nitrogen and oxygen atoms in total. The first kappa shape index (κ1) is 40.3. The average Bonchev–Trinajstić information content (AvgIpc) is 3.59. The van der Waals surface area contributed by atoms with E-state index in [0.29, 0.717) is 34.6 Å². The van der Waals surface area contributed by atoms with E-state index in [-0.39, 0.29) is 56.7 Å². The minimum Gasteiger partial charge on any atom is -0.441 e. The summed E-state index contributed by atoms with van der Waals surface area (Å²) in [5.41, 5.74) is 1.89. The van der Waals surface area contributed by atoms with Gasteiger partial charge in [-0.3, -0.25) is 38.6 Å². The van der Waals surface area contributed by atoms with E-state index in [1.807, 2.05) is 24.3 Å². The van der Waals surface area contributed by atoms with Crippen LogP contribution in [-0.4, -0.2) is 85.2 Å². The molecule has 310 valence electrons. The van der Waals surface area contributed by atoms with Crippen LogP contribution in [0.3, 0.4) is 0 Å². The highest BCUT2D eigenvalue weighted by Crippen LogP contribution is 2.61. The van der Waals surface area contributed by atoms with E-state index in [9.17, 15) is 29.1 Å². The number of carbonyl (C=O) groups is 6. The number of esters is 2. The van der Waals surface area contributed by atoms with Crippen LogP contribution in [0.25, 0.3) is 0 Å². The van der Waals surface area contributed by atoms with Crippen LogP contribution in [0.5, 0.6) is 0 Å². The molecule has 3 aromatic rings. The zero-order chi connectivity index (χ0) is 42.1. The van der Waals surface area contributed by atoms with Gasteiger partial charge in [-0.05, 0) is 66.5 Å². The number of ether oxygens (including phenoxy) is 3. The molecule has 2 unspecified atom stereocenters. The van der Waals surface area contributed by atoms with Crippen molar-refractivity contribution in [1.82, 2.24) is 4.90 Å². The number of nitrogens with zero attached hydrogens (tertiary/aromatic N) is 4. The molecule has 5 heterocycles. The Kier molecular flexibility index (Phi) is 10.2. The summed E-state index contributed by atoms with van der Waals surface area (Å²) in [7, 11) is -3.70. The van der Waals surface area contributed by atoms with E-state index in [0.717, 1.165) is 11.1 Å². The quantitative estimate of drug-likeness (QED) is 0.132. The molecule has 4 amide bonds. The molecule has 5 aliphatic heterocycles. The van der Waals surface area contributed by atoms with Gasteiger partial charge in [-0.15, -0.1) is 0 Å². The zero-order valence-corrected chi connectivity index (χ0v) is 34.6. The monoisotopic (exact) mass is 826 g/mol. The van der Waals surface area contributed by atoms with Crippen molar-refractivity contribution in [3.05, 3.63) is 89.0 Å². The van der Waals surface area contributed by atoms with Crippen LogP contribution >= 0.6 is 0 Å². The van der Waals surface area contributed by atoms with Gasteiger partial charge >= 0.3 is 11.9 Å². The highest BCUT2D eigenvalue weighted by Gasteiger charge is 2.67. The fraction of sp³-hybridized carbons (Fsp3) is 0.442. The Hall–Kier alpha value is -5.45. The maximum Gasteiger partial charge on any atom is 0.304 e. The number of anilines is 3. The van der Waals surface area contributed by atoms with E-state index in [2.05, 4.69) is 0 Å². The van der Waals surface area contributed by atoms with Crippen molar-refractivity contribution in [2.45, 2.75) is 108 Å². The summed E-state index contributed by atoms with van der Waals surface area (Å²) < 4.78 is 34.4. The number of fused-ring (bicyclic) bond motifs is 3. The molecule has 0 saturated carbocycles. The molecule has 0 aromatic heterocycles. The summed E-state index contributed by atoms with van der Waals surface area (Å²) in [6, 6.07) is 19.2. The normalized spacial score (nSPS) is 27.3. The van der Waals surface area contributed by atoms with Gasteiger partial charge in [0.2, 0.25) is 26.1 Å². The minimum absolute atomic E-state index is 0.00980. The number of benzene rings is 3. The Bertz CT molecular complexity index is 2250. The smallest absolute Gasteiger partial charge is 0.304 e. The third-order valence-corrected chi connectivity index (χ3v) is 14.9. The highest BCUT2D eigenvalue weighted by molar-refractivity contribution is 6.72. The molecule has 3 fully saturated rings. The Morgan fingerprint density at radius 1 is 0.864 bits per heavy atom. The SMILES string of the molecule is CC(=O)OC1CC(=O)N1c1ccc(CN2C(=O)[C@@]3(O[C@@H](CC(=O)N4Cc5ccccc5C[C@H]4CO)[C@H]([Si](C)(C)F)[C@H]3C)c3cc(N4C(=O)CC4OC(C)=O)ccc32)cc1. The van der Waals surface area contributed by atoms with Crippen molar-refractivity contribution in [1.29, 1.82) is 0 Å². The van der Waals surface area contributed by atoms with Gasteiger partial charge in [0.25, 0.3) is 5.91 Å². The van der Waals surface area contributed by atoms with Crippen LogP contribution in [0.15, 0.2) is 66.7 Å². The maximum absolute atomic E-state index is 16.8. The second-order valence-corrected chi connectivity index (χ2v) is 20.4. The molecular weight excluding hydrogens is 780 g/mol. The topological polar surface area (TPSA) is 163 Å². The van der Waals surface area contributed by atoms with Gasteiger partial charge in [-0.25, -0.2) is 0 Å². The molecule has 1 spiro atoms. The van der Waals surface area contributed by atoms with Gasteiger partial charge in [-0.1, -0.05) is 43.3 Å². The van der Waals surface area contributed by atoms with Crippen LogP contribution in [0.4, 0.5) is 21.2 Å². The molecule has 59 heavy (non-hydrogen) atoms. The summed E-state index contributed by atoms with van der Waals surface area (Å²) in [4.78, 5) is 84.3. The molecular formula is C43H47FN4O10Si. The van der Waals surface area contributed by atoms with Crippen molar-refractivity contribution < 1.29 is 52.2 Å². The molecule has 0 aliphatic carbocycles. The van der Waals surface area contributed by atoms with Gasteiger partial charge < -0.3 is 33.2 Å². The van der Waals surface area contributed by atoms with Gasteiger partial charge in [0.15, 0.2) is 18.1 Å². The summed E-state index contributed by atoms with van der Waals surface area (Å²) in [6.07, 6.45) is -2.24. The predicted molar refractivity (Wildman–Crippen MR) is 214 cm³/mol. The molecule has 8 rings (SSSR count). The standard InChI is InChI=1S/C43H47FN4O10Si/c1-24-41(59(4,5)44)35(18-36(52)45-22-29-9-7-6-8-28(29)16-32(45)23-49)58-43(24)33-17-31(48-38(54)20-40(48)57-26(3)51)14-15-34(33)46(42(43)55)21-27-10-12-30(13-11-27)47-37(53)19-39(47)56-25(2)50/h6-15,17,24,32,35,39-41,49H,16,18-23H2,1-5H3/t24-,32+,35+,39?,40?,41-,43+/m1/s1. The lowest BCUT2D eigenvalue weighted by Gasteiger charge is -2.39. The number of aliphatic hydroxyl groups is 1. The lowest BCUT2D eigenvalue weighted by atomic mass is 9.82. The number of amides is 4. The minimum atomic E-state index is -3.70. The van der Waals surface area contributed by atoms with Crippen molar-refractivity contribution in [2.75, 3.05) is 21.3 Å². The van der Waals surface area contributed by atoms with E-state index >= 15 is 8.90 Å². The van der Waals surface area contributed by atoms with E-state index < -0.39 is 67.9 Å². The van der Waals surface area contributed by atoms with Crippen molar-refractivity contribution in [3.63, 3.8) is 0 Å². The summed E-state index contributed by atoms with van der Waals surface area (Å²) >= 11 is 0. The molecule has 0 bridgehead atoms. The lowest BCUT2D eigenvalue weighted by molar-refractivity contribution is -0.155. The number of carbonyl (C=O) groups excluding carboxylic acids is 6. The third-order valence-electron chi connectivity index (χ3n) is 12.5. The third kappa shape index (κ3) is 6.89. The first-order chi connectivity index (χ1) is 28.0. The molecule has 16 heteroatoms. The number of hydrogen-bond acceptors (Lipinski definition) is 10. The Labute approximate surface area is 342 Å². The fourth-order valence-corrected chi connectivity index (χ4v) is 12.3. The van der Waals surface area contributed by atoms with Crippen molar-refractivity contribution in [3.8, 4) is 0 Å². The zero-order valence-electron chi connectivity index (χ0n) is 33.6. The number of β-lactam (4-membered cyclic amide) rings is 2. The van der Waals surface area contributed by atoms with Crippen LogP contribution in [0.2, 0.25) is 18.6 Å². The van der Waals surface area contributed by atoms with Crippen LogP contribution in [-0.2, 0) is 68.1 Å². The highest BCUT2D eigenvalue weighted by atomic mass is 28.4. The summed E-state index contributed by atoms with van der Waals surface area (Å²) in [6.45, 7) is 7.49. The van der Waals surface area contributed by atoms with Crippen LogP contribution in [0, 0.1) is 5.92 Å². The Balaban J connectivity index is 1.15. The first-order valence-corrected chi connectivity index (χ1v) is 22.8. The lowest BCUT2D eigenvalue weighted by Crippen LogP contribution is -2.55. The first-order valence-electron chi connectivity index (χ1n) is 19.9. The molecule has 5 aliphatic rings. The van der Waals surface area contributed by atoms with Gasteiger partial charge in [-0.2, -0.15) is 0 Å². The van der Waals surface area contributed by atoms with E-state index in [1.54, 1.807) is 72.3 Å². The number of halogens is 1. The fourth-order valence-electron chi connectivity index (χ4n) is 9.79. The van der Waals surface area contributed by atoms with E-state index in [4.69, 9.17) is 14.2 Å². The molecule has 7 atom stereocenters. The van der Waals surface area contributed by atoms with Crippen molar-refractivity contribution >= 4 is 61.0 Å². The second kappa shape index (κ2) is 15.0. The summed E-state index contributed by atoms with van der Waals surface area (Å²) in [5.74, 6) is -3.09. The van der Waals surface area contributed by atoms with Gasteiger partial charge in [0.05, 0.1) is 50.2 Å². The molecule has 3 saturated heterocycles. The Morgan fingerprint density at radius 2 is 1.46 bits per heavy atom. The average molecular weight is 827 g/mol. The molecule has 3 aromatic carbocycles. The van der Waals surface area contributed by atoms with Crippen LogP contribution < -0.4 is 14.7 Å². The largest absolute Gasteiger partial charge is 0.441 e. The maximum atomic E-state index is 16.8. The van der Waals surface area contributed by atoms with Crippen LogP contribution in [0.1, 0.15) is 62.3 Å². The second-order valence-electron chi connectivity index (χ2n) is 16.6. The number of hydrogen-bond donors (Lipinski definition) is 1. The van der Waals surface area contributed by atoms with E-state index in [1.165, 1.54) is 23.6 Å². The molecule has 1 N–H and O–H groups in total. The summed E-state index contributed by atoms with van der Waals surface area (Å²) in [5, 5.41) is 10.4. The van der Waals surface area contributed by atoms with Gasteiger partial charge in [0.1, 0.15) is 0 Å². The Morgan fingerprint density at radius 3 is 2.03 bits per heavy atom.